The van der Waals surface area contributed by atoms with Crippen molar-refractivity contribution in [1.29, 1.82) is 0 Å². The fourth-order valence-electron chi connectivity index (χ4n) is 1.95. The van der Waals surface area contributed by atoms with E-state index in [1.165, 1.54) is 0 Å². The van der Waals surface area contributed by atoms with E-state index in [0.29, 0.717) is 6.42 Å². The van der Waals surface area contributed by atoms with Crippen LogP contribution in [0.2, 0.25) is 0 Å². The molecule has 3 nitrogen and oxygen atoms in total. The molecule has 3 N–H and O–H groups in total. The van der Waals surface area contributed by atoms with Crippen molar-refractivity contribution in [2.45, 2.75) is 12.3 Å². The summed E-state index contributed by atoms with van der Waals surface area (Å²) >= 11 is 0. The first kappa shape index (κ1) is 12.5. The smallest absolute Gasteiger partial charge is 0.115 e. The number of hydrogen-bond acceptors (Lipinski definition) is 3. The number of benzene rings is 2. The second-order valence-corrected chi connectivity index (χ2v) is 4.34. The molecule has 0 aliphatic carbocycles. The lowest BCUT2D eigenvalue weighted by molar-refractivity contribution is 0.264. The van der Waals surface area contributed by atoms with Gasteiger partial charge in [0.25, 0.3) is 0 Å². The van der Waals surface area contributed by atoms with Gasteiger partial charge >= 0.3 is 0 Å². The lowest BCUT2D eigenvalue weighted by atomic mass is 9.92. The maximum Gasteiger partial charge on any atom is 0.115 e. The number of phenols is 2. The van der Waals surface area contributed by atoms with Gasteiger partial charge in [0, 0.05) is 5.92 Å². The van der Waals surface area contributed by atoms with E-state index in [1.807, 2.05) is 24.3 Å². The van der Waals surface area contributed by atoms with Gasteiger partial charge in [0.2, 0.25) is 0 Å². The Labute approximate surface area is 106 Å². The van der Waals surface area contributed by atoms with Gasteiger partial charge in [-0.25, -0.2) is 0 Å². The van der Waals surface area contributed by atoms with E-state index in [0.717, 1.165) is 11.1 Å². The fourth-order valence-corrected chi connectivity index (χ4v) is 1.95. The van der Waals surface area contributed by atoms with Gasteiger partial charge < -0.3 is 15.3 Å². The average Bonchev–Trinajstić information content (AvgIpc) is 2.39. The minimum atomic E-state index is -0.00450. The summed E-state index contributed by atoms with van der Waals surface area (Å²) in [6, 6.07) is 13.8. The predicted molar refractivity (Wildman–Crippen MR) is 69.7 cm³/mol. The zero-order chi connectivity index (χ0) is 13.0. The van der Waals surface area contributed by atoms with Crippen LogP contribution in [0.15, 0.2) is 48.5 Å². The van der Waals surface area contributed by atoms with Gasteiger partial charge in [-0.05, 0) is 41.8 Å². The summed E-state index contributed by atoms with van der Waals surface area (Å²) in [6.45, 7) is 0.0473. The standard InChI is InChI=1S/C15H16O3/c16-10-13(12-3-7-15(18)8-4-12)9-11-1-5-14(17)6-2-11/h1-8,13,16-18H,9-10H2/t13-/m0/s1. The van der Waals surface area contributed by atoms with Gasteiger partial charge in [-0.1, -0.05) is 24.3 Å². The Morgan fingerprint density at radius 2 is 1.28 bits per heavy atom. The molecule has 18 heavy (non-hydrogen) atoms. The van der Waals surface area contributed by atoms with Crippen molar-refractivity contribution in [2.24, 2.45) is 0 Å². The molecule has 0 spiro atoms. The number of aromatic hydroxyl groups is 2. The molecule has 0 saturated heterocycles. The van der Waals surface area contributed by atoms with Gasteiger partial charge in [-0.2, -0.15) is 0 Å². The highest BCUT2D eigenvalue weighted by Gasteiger charge is 2.11. The largest absolute Gasteiger partial charge is 0.508 e. The van der Waals surface area contributed by atoms with Crippen LogP contribution in [0.5, 0.6) is 11.5 Å². The van der Waals surface area contributed by atoms with Crippen LogP contribution in [-0.2, 0) is 6.42 Å². The normalized spacial score (nSPS) is 12.3. The van der Waals surface area contributed by atoms with Gasteiger partial charge in [0.1, 0.15) is 11.5 Å². The number of aliphatic hydroxyl groups excluding tert-OH is 1. The Bertz CT molecular complexity index is 488. The van der Waals surface area contributed by atoms with Crippen LogP contribution >= 0.6 is 0 Å². The monoisotopic (exact) mass is 244 g/mol. The molecule has 0 aromatic heterocycles. The zero-order valence-corrected chi connectivity index (χ0v) is 9.95. The van der Waals surface area contributed by atoms with Crippen LogP contribution in [0, 0.1) is 0 Å². The third-order valence-corrected chi connectivity index (χ3v) is 3.00. The van der Waals surface area contributed by atoms with Crippen molar-refractivity contribution in [3.8, 4) is 11.5 Å². The molecule has 0 unspecified atom stereocenters. The SMILES string of the molecule is OC[C@H](Cc1ccc(O)cc1)c1ccc(O)cc1. The Morgan fingerprint density at radius 1 is 0.778 bits per heavy atom. The molecule has 0 aliphatic heterocycles. The van der Waals surface area contributed by atoms with Crippen LogP contribution in [-0.4, -0.2) is 21.9 Å². The predicted octanol–water partition coefficient (Wildman–Crippen LogP) is 2.42. The second kappa shape index (κ2) is 5.56. The first-order valence-corrected chi connectivity index (χ1v) is 5.86. The van der Waals surface area contributed by atoms with Gasteiger partial charge in [0.05, 0.1) is 6.61 Å². The summed E-state index contributed by atoms with van der Waals surface area (Å²) in [5, 5.41) is 27.9. The van der Waals surface area contributed by atoms with Crippen LogP contribution in [0.25, 0.3) is 0 Å². The summed E-state index contributed by atoms with van der Waals surface area (Å²) in [4.78, 5) is 0. The van der Waals surface area contributed by atoms with E-state index in [2.05, 4.69) is 0 Å². The highest BCUT2D eigenvalue weighted by Crippen LogP contribution is 2.23. The van der Waals surface area contributed by atoms with Crippen LogP contribution in [0.4, 0.5) is 0 Å². The Morgan fingerprint density at radius 3 is 1.78 bits per heavy atom. The van der Waals surface area contributed by atoms with Crippen molar-refractivity contribution in [3.05, 3.63) is 59.7 Å². The molecule has 2 rings (SSSR count). The second-order valence-electron chi connectivity index (χ2n) is 4.34. The van der Waals surface area contributed by atoms with Gasteiger partial charge in [-0.15, -0.1) is 0 Å². The van der Waals surface area contributed by atoms with Crippen LogP contribution in [0.3, 0.4) is 0 Å². The van der Waals surface area contributed by atoms with Crippen molar-refractivity contribution < 1.29 is 15.3 Å². The fraction of sp³-hybridized carbons (Fsp3) is 0.200. The molecule has 0 heterocycles. The minimum absolute atomic E-state index is 0.00450. The zero-order valence-electron chi connectivity index (χ0n) is 9.95. The lowest BCUT2D eigenvalue weighted by Gasteiger charge is -2.14. The van der Waals surface area contributed by atoms with E-state index in [-0.39, 0.29) is 24.0 Å². The molecule has 0 fully saturated rings. The first-order chi connectivity index (χ1) is 8.69. The molecular weight excluding hydrogens is 228 g/mol. The molecule has 0 saturated carbocycles. The molecule has 0 aliphatic rings. The molecule has 0 bridgehead atoms. The molecular formula is C15H16O3. The number of aliphatic hydroxyl groups is 1. The topological polar surface area (TPSA) is 60.7 Å². The highest BCUT2D eigenvalue weighted by atomic mass is 16.3. The molecule has 1 atom stereocenters. The van der Waals surface area contributed by atoms with E-state index in [1.54, 1.807) is 24.3 Å². The van der Waals surface area contributed by atoms with E-state index in [4.69, 9.17) is 0 Å². The summed E-state index contributed by atoms with van der Waals surface area (Å²) < 4.78 is 0. The first-order valence-electron chi connectivity index (χ1n) is 5.86. The van der Waals surface area contributed by atoms with Crippen LogP contribution in [0.1, 0.15) is 17.0 Å². The van der Waals surface area contributed by atoms with E-state index >= 15 is 0 Å². The van der Waals surface area contributed by atoms with Crippen molar-refractivity contribution in [2.75, 3.05) is 6.61 Å². The van der Waals surface area contributed by atoms with Crippen molar-refractivity contribution in [3.63, 3.8) is 0 Å². The Kier molecular flexibility index (Phi) is 3.85. The molecule has 0 amide bonds. The third-order valence-electron chi connectivity index (χ3n) is 3.00. The van der Waals surface area contributed by atoms with Gasteiger partial charge in [-0.3, -0.25) is 0 Å². The average molecular weight is 244 g/mol. The number of hydrogen-bond donors (Lipinski definition) is 3. The molecule has 3 heteroatoms. The molecule has 2 aromatic carbocycles. The number of rotatable bonds is 4. The summed E-state index contributed by atoms with van der Waals surface area (Å²) in [5.74, 6) is 0.458. The summed E-state index contributed by atoms with van der Waals surface area (Å²) in [7, 11) is 0. The lowest BCUT2D eigenvalue weighted by Crippen LogP contribution is -2.07. The third kappa shape index (κ3) is 3.02. The quantitative estimate of drug-likeness (QED) is 0.774. The molecule has 0 radical (unpaired) electrons. The Balaban J connectivity index is 2.14. The maximum absolute atomic E-state index is 9.45. The van der Waals surface area contributed by atoms with Gasteiger partial charge in [0.15, 0.2) is 0 Å². The van der Waals surface area contributed by atoms with Crippen molar-refractivity contribution >= 4 is 0 Å². The van der Waals surface area contributed by atoms with Crippen LogP contribution < -0.4 is 0 Å². The summed E-state index contributed by atoms with van der Waals surface area (Å²) in [6.07, 6.45) is 0.696. The summed E-state index contributed by atoms with van der Waals surface area (Å²) in [5.41, 5.74) is 2.04. The van der Waals surface area contributed by atoms with E-state index in [9.17, 15) is 15.3 Å². The Hall–Kier alpha value is -2.00. The number of phenolic OH excluding ortho intramolecular Hbond substituents is 2. The molecule has 2 aromatic rings. The van der Waals surface area contributed by atoms with Crippen molar-refractivity contribution in [1.82, 2.24) is 0 Å². The maximum atomic E-state index is 9.45. The molecule has 94 valence electrons. The minimum Gasteiger partial charge on any atom is -0.508 e. The highest BCUT2D eigenvalue weighted by molar-refractivity contribution is 5.31. The van der Waals surface area contributed by atoms with E-state index < -0.39 is 0 Å².